The summed E-state index contributed by atoms with van der Waals surface area (Å²) in [4.78, 5) is 23.5. The van der Waals surface area contributed by atoms with Gasteiger partial charge in [-0.05, 0) is 19.6 Å². The van der Waals surface area contributed by atoms with Gasteiger partial charge in [0.05, 0.1) is 15.0 Å². The van der Waals surface area contributed by atoms with Gasteiger partial charge < -0.3 is 9.16 Å². The monoisotopic (exact) mass is 396 g/mol. The van der Waals surface area contributed by atoms with Crippen molar-refractivity contribution in [2.45, 2.75) is 44.6 Å². The van der Waals surface area contributed by atoms with E-state index in [0.29, 0.717) is 0 Å². The minimum absolute atomic E-state index is 0.383. The van der Waals surface area contributed by atoms with Crippen LogP contribution >= 0.6 is 0 Å². The summed E-state index contributed by atoms with van der Waals surface area (Å²) in [5, 5.41) is 0. The van der Waals surface area contributed by atoms with Crippen LogP contribution in [0.2, 0.25) is 32.7 Å². The molecular weight excluding hydrogens is 378 g/mol. The molecule has 24 heavy (non-hydrogen) atoms. The molecule has 0 spiro atoms. The molecule has 0 bridgehead atoms. The molecule has 1 atom stereocenters. The normalized spacial score (nSPS) is 16.3. The zero-order valence-electron chi connectivity index (χ0n) is 13.7. The largest absolute Gasteiger partial charge is 0.517 e. The lowest BCUT2D eigenvalue weighted by Crippen LogP contribution is -2.50. The third kappa shape index (κ3) is 5.96. The molecule has 0 rings (SSSR count). The Kier molecular flexibility index (Phi) is 7.30. The predicted molar refractivity (Wildman–Crippen MR) is 78.4 cm³/mol. The number of ether oxygens (including phenoxy) is 1. The lowest BCUT2D eigenvalue weighted by molar-refractivity contribution is -0.167. The lowest BCUT2D eigenvalue weighted by atomic mass is 10.0. The van der Waals surface area contributed by atoms with E-state index < -0.39 is 52.6 Å². The molecule has 0 fully saturated rings. The maximum atomic E-state index is 14.6. The molecular formula is C12H18F6O4Si2. The van der Waals surface area contributed by atoms with Crippen LogP contribution in [-0.4, -0.2) is 47.1 Å². The van der Waals surface area contributed by atoms with Gasteiger partial charge in [0.15, 0.2) is 0 Å². The molecule has 0 radical (unpaired) electrons. The second kappa shape index (κ2) is 7.72. The maximum absolute atomic E-state index is 14.6. The van der Waals surface area contributed by atoms with E-state index >= 15 is 0 Å². The minimum Gasteiger partial charge on any atom is -0.517 e. The summed E-state index contributed by atoms with van der Waals surface area (Å²) in [6.07, 6.45) is -6.31. The van der Waals surface area contributed by atoms with Gasteiger partial charge in [-0.1, -0.05) is 13.1 Å². The van der Waals surface area contributed by atoms with Gasteiger partial charge in [-0.3, -0.25) is 0 Å². The number of alkyl halides is 4. The average molecular weight is 396 g/mol. The highest BCUT2D eigenvalue weighted by molar-refractivity contribution is 6.71. The molecule has 0 aliphatic rings. The molecule has 140 valence electrons. The van der Waals surface area contributed by atoms with Crippen LogP contribution in [0, 0.1) is 0 Å². The Balaban J connectivity index is 6.02. The molecule has 0 aliphatic carbocycles. The van der Waals surface area contributed by atoms with Crippen LogP contribution in [-0.2, 0) is 18.8 Å². The number of carbonyl (C=O) groups is 2. The zero-order valence-corrected chi connectivity index (χ0v) is 15.8. The number of carbonyl (C=O) groups excluding carboxylic acids is 2. The summed E-state index contributed by atoms with van der Waals surface area (Å²) >= 11 is 0. The van der Waals surface area contributed by atoms with Crippen LogP contribution in [0.25, 0.3) is 0 Å². The number of hydrogen-bond acceptors (Lipinski definition) is 4. The maximum Gasteiger partial charge on any atom is 0.445 e. The first-order valence-corrected chi connectivity index (χ1v) is 13.3. The Morgan fingerprint density at radius 3 is 1.75 bits per heavy atom. The smallest absolute Gasteiger partial charge is 0.445 e. The third-order valence-electron chi connectivity index (χ3n) is 2.25. The summed E-state index contributed by atoms with van der Waals surface area (Å²) in [5.74, 6) is -11.3. The molecule has 1 unspecified atom stereocenters. The molecule has 0 heterocycles. The van der Waals surface area contributed by atoms with Crippen molar-refractivity contribution in [2.24, 2.45) is 0 Å². The van der Waals surface area contributed by atoms with Gasteiger partial charge in [-0.15, -0.1) is 0 Å². The van der Waals surface area contributed by atoms with Crippen LogP contribution in [0.1, 0.15) is 0 Å². The first-order valence-electron chi connectivity index (χ1n) is 6.76. The van der Waals surface area contributed by atoms with Gasteiger partial charge in [-0.2, -0.15) is 17.6 Å². The highest BCUT2D eigenvalue weighted by atomic mass is 28.4. The van der Waals surface area contributed by atoms with Gasteiger partial charge in [0.2, 0.25) is 20.0 Å². The second-order valence-electron chi connectivity index (χ2n) is 6.28. The quantitative estimate of drug-likeness (QED) is 0.299. The van der Waals surface area contributed by atoms with Crippen LogP contribution < -0.4 is 0 Å². The zero-order chi connectivity index (χ0) is 19.5. The van der Waals surface area contributed by atoms with Crippen molar-refractivity contribution in [2.75, 3.05) is 6.23 Å². The van der Waals surface area contributed by atoms with Crippen molar-refractivity contribution in [3.8, 4) is 0 Å². The molecule has 0 aliphatic heterocycles. The molecule has 0 aromatic heterocycles. The van der Waals surface area contributed by atoms with E-state index in [-0.39, 0.29) is 6.23 Å². The average Bonchev–Trinajstić information content (AvgIpc) is 2.38. The van der Waals surface area contributed by atoms with E-state index in [0.717, 1.165) is 0 Å². The van der Waals surface area contributed by atoms with E-state index in [4.69, 9.17) is 0 Å². The van der Waals surface area contributed by atoms with Gasteiger partial charge in [0, 0.05) is 0 Å². The standard InChI is InChI=1S/C12H18F6O4Si2/c1-23(2)6-21-9(19)11(15,10(20)22-24(3,4)5)7(13)8(14)12(16,17)18/h23H,6H2,1-5H3/b8-7+. The van der Waals surface area contributed by atoms with E-state index in [9.17, 15) is 35.9 Å². The Morgan fingerprint density at radius 1 is 0.958 bits per heavy atom. The van der Waals surface area contributed by atoms with E-state index in [1.807, 2.05) is 0 Å². The van der Waals surface area contributed by atoms with Gasteiger partial charge in [-0.25, -0.2) is 18.4 Å². The molecule has 0 aromatic rings. The molecule has 0 aromatic carbocycles. The summed E-state index contributed by atoms with van der Waals surface area (Å²) in [6.45, 7) is 7.27. The van der Waals surface area contributed by atoms with E-state index in [1.165, 1.54) is 19.6 Å². The number of hydrogen-bond donors (Lipinski definition) is 0. The van der Waals surface area contributed by atoms with Crippen LogP contribution in [0.3, 0.4) is 0 Å². The lowest BCUT2D eigenvalue weighted by Gasteiger charge is -2.26. The van der Waals surface area contributed by atoms with Crippen molar-refractivity contribution in [1.82, 2.24) is 0 Å². The van der Waals surface area contributed by atoms with Crippen molar-refractivity contribution < 1.29 is 45.1 Å². The number of allylic oxidation sites excluding steroid dienone is 1. The van der Waals surface area contributed by atoms with Gasteiger partial charge in [0.25, 0.3) is 0 Å². The fourth-order valence-corrected chi connectivity index (χ4v) is 2.41. The highest BCUT2D eigenvalue weighted by Crippen LogP contribution is 2.38. The number of halogens is 6. The van der Waals surface area contributed by atoms with E-state index in [2.05, 4.69) is 9.16 Å². The van der Waals surface area contributed by atoms with Crippen molar-refractivity contribution in [3.63, 3.8) is 0 Å². The SMILES string of the molecule is C[SiH](C)COC(=O)C(F)(C(=O)O[Si](C)(C)C)/C(F)=C(\F)C(F)(F)F. The fourth-order valence-electron chi connectivity index (χ4n) is 1.23. The first kappa shape index (κ1) is 22.7. The van der Waals surface area contributed by atoms with Crippen molar-refractivity contribution >= 4 is 29.1 Å². The molecule has 0 N–H and O–H groups in total. The summed E-state index contributed by atoms with van der Waals surface area (Å²) in [5.41, 5.74) is -4.65. The number of esters is 1. The molecule has 12 heteroatoms. The third-order valence-corrected chi connectivity index (χ3v) is 3.88. The van der Waals surface area contributed by atoms with Gasteiger partial charge in [0.1, 0.15) is 0 Å². The predicted octanol–water partition coefficient (Wildman–Crippen LogP) is 3.35. The van der Waals surface area contributed by atoms with Crippen molar-refractivity contribution in [1.29, 1.82) is 0 Å². The Labute approximate surface area is 137 Å². The van der Waals surface area contributed by atoms with Crippen LogP contribution in [0.4, 0.5) is 26.3 Å². The van der Waals surface area contributed by atoms with Crippen molar-refractivity contribution in [3.05, 3.63) is 11.7 Å². The Bertz CT molecular complexity index is 527. The number of rotatable bonds is 6. The van der Waals surface area contributed by atoms with Crippen LogP contribution in [0.5, 0.6) is 0 Å². The van der Waals surface area contributed by atoms with Gasteiger partial charge >= 0.3 is 23.8 Å². The first-order chi connectivity index (χ1) is 10.5. The van der Waals surface area contributed by atoms with Crippen LogP contribution in [0.15, 0.2) is 11.7 Å². The summed E-state index contributed by atoms with van der Waals surface area (Å²) in [6, 6.07) is 0. The Hall–Kier alpha value is -1.31. The summed E-state index contributed by atoms with van der Waals surface area (Å²) < 4.78 is 87.2. The van der Waals surface area contributed by atoms with E-state index in [1.54, 1.807) is 13.1 Å². The topological polar surface area (TPSA) is 52.6 Å². The molecule has 0 saturated heterocycles. The summed E-state index contributed by atoms with van der Waals surface area (Å²) in [7, 11) is -4.60. The molecule has 4 nitrogen and oxygen atoms in total. The fraction of sp³-hybridized carbons (Fsp3) is 0.667. The Morgan fingerprint density at radius 2 is 1.42 bits per heavy atom. The molecule has 0 saturated carbocycles. The highest BCUT2D eigenvalue weighted by Gasteiger charge is 2.60. The second-order valence-corrected chi connectivity index (χ2v) is 13.8. The molecule has 0 amide bonds. The minimum atomic E-state index is -5.92.